The highest BCUT2D eigenvalue weighted by Gasteiger charge is 2.31. The Morgan fingerprint density at radius 1 is 1.32 bits per heavy atom. The molecule has 1 aliphatic carbocycles. The van der Waals surface area contributed by atoms with Crippen LogP contribution < -0.4 is 10.5 Å². The van der Waals surface area contributed by atoms with E-state index in [1.807, 2.05) is 0 Å². The van der Waals surface area contributed by atoms with E-state index in [4.69, 9.17) is 22.1 Å². The van der Waals surface area contributed by atoms with Gasteiger partial charge in [0.2, 0.25) is 0 Å². The van der Waals surface area contributed by atoms with Crippen LogP contribution >= 0.6 is 11.6 Å². The molecule has 1 aliphatic heterocycles. The van der Waals surface area contributed by atoms with Gasteiger partial charge in [0.15, 0.2) is 0 Å². The third kappa shape index (κ3) is 2.99. The summed E-state index contributed by atoms with van der Waals surface area (Å²) in [5.74, 6) is 2.07. The van der Waals surface area contributed by atoms with E-state index < -0.39 is 0 Å². The average Bonchev–Trinajstić information content (AvgIpc) is 3.15. The average molecular weight is 323 g/mol. The number of likely N-dealkylation sites (tertiary alicyclic amines) is 1. The highest BCUT2D eigenvalue weighted by Crippen LogP contribution is 2.45. The fraction of sp³-hybridized carbons (Fsp3) is 0.667. The lowest BCUT2D eigenvalue weighted by molar-refractivity contribution is 0.313. The van der Waals surface area contributed by atoms with Crippen molar-refractivity contribution in [2.75, 3.05) is 27.2 Å². The lowest BCUT2D eigenvalue weighted by Crippen LogP contribution is -2.20. The predicted molar refractivity (Wildman–Crippen MR) is 91.7 cm³/mol. The largest absolute Gasteiger partial charge is 0.495 e. The lowest BCUT2D eigenvalue weighted by Gasteiger charge is -2.23. The van der Waals surface area contributed by atoms with Crippen molar-refractivity contribution in [2.24, 2.45) is 11.7 Å². The molecule has 122 valence electrons. The van der Waals surface area contributed by atoms with Gasteiger partial charge in [-0.3, -0.25) is 4.90 Å². The number of halogens is 1. The Kier molecular flexibility index (Phi) is 4.96. The van der Waals surface area contributed by atoms with E-state index in [9.17, 15) is 0 Å². The molecule has 1 aromatic carbocycles. The van der Waals surface area contributed by atoms with Crippen molar-refractivity contribution in [1.82, 2.24) is 4.90 Å². The number of hydrogen-bond donors (Lipinski definition) is 1. The molecule has 0 amide bonds. The Hall–Kier alpha value is -0.770. The molecule has 1 heterocycles. The topological polar surface area (TPSA) is 38.5 Å². The van der Waals surface area contributed by atoms with Gasteiger partial charge in [-0.25, -0.2) is 0 Å². The molecule has 2 atom stereocenters. The highest BCUT2D eigenvalue weighted by molar-refractivity contribution is 6.32. The standard InChI is InChI=1S/C18H27ClN2O/c1-21-11-12(10-20)7-17(21)14-8-15(13-5-3-4-6-13)18(22-2)16(19)9-14/h8-9,12-13,17H,3-7,10-11,20H2,1-2H3. The Labute approximate surface area is 138 Å². The highest BCUT2D eigenvalue weighted by atomic mass is 35.5. The predicted octanol–water partition coefficient (Wildman–Crippen LogP) is 3.96. The van der Waals surface area contributed by atoms with Gasteiger partial charge in [0, 0.05) is 12.6 Å². The van der Waals surface area contributed by atoms with Crippen LogP contribution in [-0.4, -0.2) is 32.1 Å². The van der Waals surface area contributed by atoms with Crippen molar-refractivity contribution in [2.45, 2.75) is 44.1 Å². The van der Waals surface area contributed by atoms with Crippen molar-refractivity contribution in [3.63, 3.8) is 0 Å². The summed E-state index contributed by atoms with van der Waals surface area (Å²) in [6, 6.07) is 4.87. The Bertz CT molecular complexity index is 528. The molecular formula is C18H27ClN2O. The quantitative estimate of drug-likeness (QED) is 0.912. The maximum Gasteiger partial charge on any atom is 0.140 e. The normalized spacial score (nSPS) is 26.7. The molecule has 0 aromatic heterocycles. The fourth-order valence-corrected chi connectivity index (χ4v) is 4.56. The monoisotopic (exact) mass is 322 g/mol. The minimum Gasteiger partial charge on any atom is -0.495 e. The minimum atomic E-state index is 0.428. The molecule has 2 fully saturated rings. The molecule has 2 unspecified atom stereocenters. The van der Waals surface area contributed by atoms with Crippen LogP contribution in [0, 0.1) is 5.92 Å². The summed E-state index contributed by atoms with van der Waals surface area (Å²) in [7, 11) is 3.92. The van der Waals surface area contributed by atoms with Crippen molar-refractivity contribution in [1.29, 1.82) is 0 Å². The second-order valence-electron chi connectivity index (χ2n) is 6.90. The SMILES string of the molecule is COc1c(Cl)cc(C2CC(CN)CN2C)cc1C1CCCC1. The second-order valence-corrected chi connectivity index (χ2v) is 7.31. The van der Waals surface area contributed by atoms with Crippen molar-refractivity contribution in [3.05, 3.63) is 28.3 Å². The lowest BCUT2D eigenvalue weighted by atomic mass is 9.91. The zero-order chi connectivity index (χ0) is 15.7. The molecule has 1 saturated carbocycles. The van der Waals surface area contributed by atoms with E-state index >= 15 is 0 Å². The van der Waals surface area contributed by atoms with Crippen LogP contribution in [0.25, 0.3) is 0 Å². The Balaban J connectivity index is 1.95. The van der Waals surface area contributed by atoms with E-state index in [0.29, 0.717) is 17.9 Å². The smallest absolute Gasteiger partial charge is 0.140 e. The number of ether oxygens (including phenoxy) is 1. The van der Waals surface area contributed by atoms with Crippen LogP contribution in [0.1, 0.15) is 55.2 Å². The molecule has 2 N–H and O–H groups in total. The van der Waals surface area contributed by atoms with Crippen LogP contribution in [0.2, 0.25) is 5.02 Å². The van der Waals surface area contributed by atoms with Gasteiger partial charge in [0.1, 0.15) is 5.75 Å². The number of nitrogens with zero attached hydrogens (tertiary/aromatic N) is 1. The molecular weight excluding hydrogens is 296 g/mol. The number of hydrogen-bond acceptors (Lipinski definition) is 3. The summed E-state index contributed by atoms with van der Waals surface area (Å²) < 4.78 is 5.61. The summed E-state index contributed by atoms with van der Waals surface area (Å²) in [4.78, 5) is 2.41. The zero-order valence-corrected chi connectivity index (χ0v) is 14.4. The minimum absolute atomic E-state index is 0.428. The maximum atomic E-state index is 6.54. The summed E-state index contributed by atoms with van der Waals surface area (Å²) >= 11 is 6.54. The molecule has 3 rings (SSSR count). The van der Waals surface area contributed by atoms with Gasteiger partial charge in [0.05, 0.1) is 12.1 Å². The molecule has 0 spiro atoms. The molecule has 22 heavy (non-hydrogen) atoms. The summed E-state index contributed by atoms with van der Waals surface area (Å²) in [6.07, 6.45) is 6.26. The molecule has 0 radical (unpaired) electrons. The van der Waals surface area contributed by atoms with Gasteiger partial charge in [-0.15, -0.1) is 0 Å². The number of benzene rings is 1. The molecule has 1 aromatic rings. The first-order valence-electron chi connectivity index (χ1n) is 8.41. The van der Waals surface area contributed by atoms with Gasteiger partial charge >= 0.3 is 0 Å². The third-order valence-corrected chi connectivity index (χ3v) is 5.73. The van der Waals surface area contributed by atoms with Crippen molar-refractivity contribution >= 4 is 11.6 Å². The molecule has 2 aliphatic rings. The van der Waals surface area contributed by atoms with E-state index in [2.05, 4.69) is 24.1 Å². The molecule has 1 saturated heterocycles. The van der Waals surface area contributed by atoms with Gasteiger partial charge in [0.25, 0.3) is 0 Å². The summed E-state index contributed by atoms with van der Waals surface area (Å²) in [5, 5.41) is 0.756. The first-order valence-corrected chi connectivity index (χ1v) is 8.79. The first-order chi connectivity index (χ1) is 10.6. The summed E-state index contributed by atoms with van der Waals surface area (Å²) in [5.41, 5.74) is 8.51. The fourth-order valence-electron chi connectivity index (χ4n) is 4.25. The first kappa shape index (κ1) is 16.1. The van der Waals surface area contributed by atoms with E-state index in [1.54, 1.807) is 7.11 Å². The van der Waals surface area contributed by atoms with Gasteiger partial charge < -0.3 is 10.5 Å². The number of rotatable bonds is 4. The van der Waals surface area contributed by atoms with Crippen molar-refractivity contribution < 1.29 is 4.74 Å². The maximum absolute atomic E-state index is 6.54. The number of methoxy groups -OCH3 is 1. The molecule has 0 bridgehead atoms. The van der Waals surface area contributed by atoms with Crippen LogP contribution in [0.5, 0.6) is 5.75 Å². The van der Waals surface area contributed by atoms with Crippen molar-refractivity contribution in [3.8, 4) is 5.75 Å². The van der Waals surface area contributed by atoms with Gasteiger partial charge in [-0.2, -0.15) is 0 Å². The number of nitrogens with two attached hydrogens (primary N) is 1. The van der Waals surface area contributed by atoms with Crippen LogP contribution in [-0.2, 0) is 0 Å². The van der Waals surface area contributed by atoms with Gasteiger partial charge in [-0.1, -0.05) is 30.5 Å². The van der Waals surface area contributed by atoms with Crippen LogP contribution in [0.15, 0.2) is 12.1 Å². The second kappa shape index (κ2) is 6.77. The van der Waals surface area contributed by atoms with Crippen LogP contribution in [0.3, 0.4) is 0 Å². The van der Waals surface area contributed by atoms with E-state index in [-0.39, 0.29) is 0 Å². The van der Waals surface area contributed by atoms with Crippen LogP contribution in [0.4, 0.5) is 0 Å². The molecule has 4 heteroatoms. The Morgan fingerprint density at radius 2 is 2.05 bits per heavy atom. The van der Waals surface area contributed by atoms with Gasteiger partial charge in [-0.05, 0) is 61.9 Å². The Morgan fingerprint density at radius 3 is 2.64 bits per heavy atom. The third-order valence-electron chi connectivity index (χ3n) is 5.45. The molecule has 3 nitrogen and oxygen atoms in total. The van der Waals surface area contributed by atoms with E-state index in [0.717, 1.165) is 30.3 Å². The zero-order valence-electron chi connectivity index (χ0n) is 13.6. The summed E-state index contributed by atoms with van der Waals surface area (Å²) in [6.45, 7) is 1.84. The van der Waals surface area contributed by atoms with E-state index in [1.165, 1.54) is 36.8 Å².